The standard InChI is InChI=1S/C26H24F6O3/c1-24(2)18-12-19(24)23(35)21(22(34)14-5-9-16(10-6-14)26(30,31)32)17(18)11-20(33)13-3-7-15(8-4-13)25(27,28)29/h3-10,18-20,22,33-34H,11-12H2,1-2H3. The van der Waals surface area contributed by atoms with E-state index in [-0.39, 0.29) is 40.7 Å². The van der Waals surface area contributed by atoms with Gasteiger partial charge in [-0.25, -0.2) is 0 Å². The molecule has 4 atom stereocenters. The lowest BCUT2D eigenvalue weighted by Crippen LogP contribution is -2.55. The smallest absolute Gasteiger partial charge is 0.388 e. The lowest BCUT2D eigenvalue weighted by Gasteiger charge is -2.57. The second-order valence-corrected chi connectivity index (χ2v) is 9.83. The van der Waals surface area contributed by atoms with Gasteiger partial charge in [-0.15, -0.1) is 0 Å². The number of fused-ring (bicyclic) bond motifs is 1. The number of hydrogen-bond acceptors (Lipinski definition) is 3. The normalized spacial score (nSPS) is 23.7. The number of halogens is 6. The van der Waals surface area contributed by atoms with Crippen LogP contribution < -0.4 is 0 Å². The molecule has 2 N–H and O–H groups in total. The summed E-state index contributed by atoms with van der Waals surface area (Å²) in [5, 5.41) is 21.9. The van der Waals surface area contributed by atoms with Gasteiger partial charge in [-0.2, -0.15) is 26.3 Å². The van der Waals surface area contributed by atoms with Gasteiger partial charge in [-0.3, -0.25) is 4.79 Å². The molecular weight excluding hydrogens is 474 g/mol. The zero-order valence-electron chi connectivity index (χ0n) is 18.9. The molecule has 0 radical (unpaired) electrons. The van der Waals surface area contributed by atoms with Crippen molar-refractivity contribution in [3.8, 4) is 0 Å². The zero-order valence-corrected chi connectivity index (χ0v) is 18.9. The average molecular weight is 498 g/mol. The first kappa shape index (κ1) is 25.4. The van der Waals surface area contributed by atoms with Crippen LogP contribution in [0.15, 0.2) is 59.7 Å². The van der Waals surface area contributed by atoms with Gasteiger partial charge in [0, 0.05) is 11.5 Å². The van der Waals surface area contributed by atoms with E-state index >= 15 is 0 Å². The van der Waals surface area contributed by atoms with Crippen molar-refractivity contribution in [3.63, 3.8) is 0 Å². The van der Waals surface area contributed by atoms with Gasteiger partial charge in [0.05, 0.1) is 17.2 Å². The van der Waals surface area contributed by atoms with Crippen LogP contribution in [0.3, 0.4) is 0 Å². The Morgan fingerprint density at radius 2 is 1.29 bits per heavy atom. The van der Waals surface area contributed by atoms with E-state index in [2.05, 4.69) is 0 Å². The van der Waals surface area contributed by atoms with Crippen molar-refractivity contribution in [3.05, 3.63) is 81.9 Å². The Morgan fingerprint density at radius 3 is 1.71 bits per heavy atom. The van der Waals surface area contributed by atoms with Crippen LogP contribution in [0.5, 0.6) is 0 Å². The summed E-state index contributed by atoms with van der Waals surface area (Å²) in [5.41, 5.74) is -1.31. The maximum atomic E-state index is 13.3. The van der Waals surface area contributed by atoms with Gasteiger partial charge >= 0.3 is 12.4 Å². The number of hydrogen-bond donors (Lipinski definition) is 2. The van der Waals surface area contributed by atoms with Crippen molar-refractivity contribution >= 4 is 5.78 Å². The Labute approximate surface area is 198 Å². The van der Waals surface area contributed by atoms with Crippen molar-refractivity contribution < 1.29 is 41.4 Å². The number of aliphatic hydroxyl groups excluding tert-OH is 2. The summed E-state index contributed by atoms with van der Waals surface area (Å²) in [7, 11) is 0. The number of carbonyl (C=O) groups is 1. The number of carbonyl (C=O) groups excluding carboxylic acids is 1. The summed E-state index contributed by atoms with van der Waals surface area (Å²) < 4.78 is 77.4. The highest BCUT2D eigenvalue weighted by molar-refractivity contribution is 6.02. The monoisotopic (exact) mass is 498 g/mol. The summed E-state index contributed by atoms with van der Waals surface area (Å²) in [5.74, 6) is -0.841. The quantitative estimate of drug-likeness (QED) is 0.468. The maximum Gasteiger partial charge on any atom is 0.416 e. The first-order valence-corrected chi connectivity index (χ1v) is 11.1. The van der Waals surface area contributed by atoms with Crippen LogP contribution in [0.1, 0.15) is 61.2 Å². The molecule has 2 aromatic carbocycles. The summed E-state index contributed by atoms with van der Waals surface area (Å²) in [4.78, 5) is 13.3. The lowest BCUT2D eigenvalue weighted by atomic mass is 9.46. The Balaban J connectivity index is 1.68. The van der Waals surface area contributed by atoms with Crippen molar-refractivity contribution in [2.45, 2.75) is 51.2 Å². The molecule has 1 fully saturated rings. The second kappa shape index (κ2) is 8.48. The van der Waals surface area contributed by atoms with E-state index < -0.39 is 41.1 Å². The molecule has 3 aliphatic rings. The minimum Gasteiger partial charge on any atom is -0.388 e. The molecular formula is C26H24F6O3. The van der Waals surface area contributed by atoms with Crippen LogP contribution in [0.2, 0.25) is 0 Å². The highest BCUT2D eigenvalue weighted by Gasteiger charge is 2.58. The third kappa shape index (κ3) is 4.51. The number of benzene rings is 2. The summed E-state index contributed by atoms with van der Waals surface area (Å²) in [6, 6.07) is 7.94. The zero-order chi connectivity index (χ0) is 25.9. The van der Waals surface area contributed by atoms with Crippen LogP contribution in [0, 0.1) is 17.3 Å². The fourth-order valence-corrected chi connectivity index (χ4v) is 5.30. The van der Waals surface area contributed by atoms with Gasteiger partial charge in [0.25, 0.3) is 0 Å². The number of aliphatic hydroxyl groups is 2. The van der Waals surface area contributed by atoms with Gasteiger partial charge in [0.15, 0.2) is 5.78 Å². The van der Waals surface area contributed by atoms with E-state index in [1.807, 2.05) is 13.8 Å². The molecule has 2 aromatic rings. The van der Waals surface area contributed by atoms with E-state index in [0.717, 1.165) is 36.4 Å². The van der Waals surface area contributed by atoms with Crippen LogP contribution >= 0.6 is 0 Å². The maximum absolute atomic E-state index is 13.3. The molecule has 0 amide bonds. The van der Waals surface area contributed by atoms with Gasteiger partial charge < -0.3 is 10.2 Å². The fraction of sp³-hybridized carbons (Fsp3) is 0.423. The predicted octanol–water partition coefficient (Wildman–Crippen LogP) is 6.42. The number of alkyl halides is 6. The van der Waals surface area contributed by atoms with Crippen LogP contribution in [-0.4, -0.2) is 16.0 Å². The summed E-state index contributed by atoms with van der Waals surface area (Å²) in [6.07, 6.45) is -11.4. The predicted molar refractivity (Wildman–Crippen MR) is 115 cm³/mol. The van der Waals surface area contributed by atoms with E-state index in [4.69, 9.17) is 0 Å². The number of ketones is 1. The van der Waals surface area contributed by atoms with Gasteiger partial charge in [-0.05, 0) is 59.6 Å². The lowest BCUT2D eigenvalue weighted by molar-refractivity contribution is -0.138. The minimum atomic E-state index is -4.55. The Hall–Kier alpha value is -2.65. The Morgan fingerprint density at radius 1 is 0.829 bits per heavy atom. The van der Waals surface area contributed by atoms with E-state index in [9.17, 15) is 41.4 Å². The molecule has 3 nitrogen and oxygen atoms in total. The molecule has 0 saturated heterocycles. The molecule has 9 heteroatoms. The average Bonchev–Trinajstić information content (AvgIpc) is 2.77. The van der Waals surface area contributed by atoms with Crippen molar-refractivity contribution in [1.29, 1.82) is 0 Å². The number of rotatable bonds is 5. The van der Waals surface area contributed by atoms with Gasteiger partial charge in [0.1, 0.15) is 6.10 Å². The van der Waals surface area contributed by atoms with E-state index in [1.165, 1.54) is 12.1 Å². The van der Waals surface area contributed by atoms with E-state index in [0.29, 0.717) is 12.0 Å². The fourth-order valence-electron chi connectivity index (χ4n) is 5.30. The minimum absolute atomic E-state index is 0.0521. The molecule has 5 rings (SSSR count). The summed E-state index contributed by atoms with van der Waals surface area (Å²) >= 11 is 0. The first-order chi connectivity index (χ1) is 16.1. The molecule has 35 heavy (non-hydrogen) atoms. The Kier molecular flexibility index (Phi) is 6.17. The molecule has 0 aliphatic heterocycles. The van der Waals surface area contributed by atoms with Gasteiger partial charge in [0.2, 0.25) is 0 Å². The molecule has 3 aliphatic carbocycles. The molecule has 2 bridgehead atoms. The van der Waals surface area contributed by atoms with Crippen molar-refractivity contribution in [1.82, 2.24) is 0 Å². The third-order valence-electron chi connectivity index (χ3n) is 7.48. The molecule has 0 spiro atoms. The molecule has 4 unspecified atom stereocenters. The number of Topliss-reactive ketones (excluding diaryl/α,β-unsaturated/α-hetero) is 1. The van der Waals surface area contributed by atoms with Crippen LogP contribution in [0.25, 0.3) is 0 Å². The second-order valence-electron chi connectivity index (χ2n) is 9.83. The molecule has 0 aromatic heterocycles. The van der Waals surface area contributed by atoms with Crippen molar-refractivity contribution in [2.24, 2.45) is 17.3 Å². The topological polar surface area (TPSA) is 57.5 Å². The van der Waals surface area contributed by atoms with Crippen molar-refractivity contribution in [2.75, 3.05) is 0 Å². The highest BCUT2D eigenvalue weighted by atomic mass is 19.4. The highest BCUT2D eigenvalue weighted by Crippen LogP contribution is 2.62. The molecule has 1 saturated carbocycles. The molecule has 0 heterocycles. The summed E-state index contributed by atoms with van der Waals surface area (Å²) in [6.45, 7) is 3.80. The molecule has 188 valence electrons. The SMILES string of the molecule is CC1(C)C2CC1C(CC(O)c1ccc(C(F)(F)F)cc1)=C(C(O)c1ccc(C(F)(F)F)cc1)C2=O. The largest absolute Gasteiger partial charge is 0.416 e. The van der Waals surface area contributed by atoms with Gasteiger partial charge in [-0.1, -0.05) is 43.7 Å². The Bertz CT molecular complexity index is 1140. The van der Waals surface area contributed by atoms with Crippen LogP contribution in [-0.2, 0) is 17.1 Å². The first-order valence-electron chi connectivity index (χ1n) is 11.1. The van der Waals surface area contributed by atoms with Crippen LogP contribution in [0.4, 0.5) is 26.3 Å². The van der Waals surface area contributed by atoms with E-state index in [1.54, 1.807) is 0 Å². The third-order valence-corrected chi connectivity index (χ3v) is 7.48.